The van der Waals surface area contributed by atoms with Crippen LogP contribution in [0.5, 0.6) is 0 Å². The van der Waals surface area contributed by atoms with Crippen molar-refractivity contribution in [3.05, 3.63) is 18.2 Å². The van der Waals surface area contributed by atoms with Crippen molar-refractivity contribution in [2.45, 2.75) is 50.7 Å². The quantitative estimate of drug-likeness (QED) is 0.828. The van der Waals surface area contributed by atoms with Gasteiger partial charge in [-0.25, -0.2) is 4.98 Å². The number of hydrogen-bond acceptors (Lipinski definition) is 4. The van der Waals surface area contributed by atoms with Crippen molar-refractivity contribution in [2.24, 2.45) is 5.92 Å². The summed E-state index contributed by atoms with van der Waals surface area (Å²) in [5.74, 6) is 3.19. The van der Waals surface area contributed by atoms with E-state index >= 15 is 0 Å². The Morgan fingerprint density at radius 3 is 2.78 bits per heavy atom. The minimum absolute atomic E-state index is 0.0983. The van der Waals surface area contributed by atoms with E-state index in [9.17, 15) is 9.90 Å². The van der Waals surface area contributed by atoms with Crippen molar-refractivity contribution in [3.63, 3.8) is 0 Å². The number of rotatable bonds is 7. The molecule has 0 radical (unpaired) electrons. The number of thioether (sulfide) groups is 1. The molecule has 1 atom stereocenters. The van der Waals surface area contributed by atoms with Gasteiger partial charge in [0.1, 0.15) is 11.9 Å². The first-order valence-electron chi connectivity index (χ1n) is 8.66. The summed E-state index contributed by atoms with van der Waals surface area (Å²) in [7, 11) is 0. The zero-order chi connectivity index (χ0) is 16.2. The highest BCUT2D eigenvalue weighted by atomic mass is 32.2. The van der Waals surface area contributed by atoms with Crippen molar-refractivity contribution in [3.8, 4) is 0 Å². The van der Waals surface area contributed by atoms with E-state index in [0.717, 1.165) is 44.1 Å². The lowest BCUT2D eigenvalue weighted by Gasteiger charge is -2.33. The predicted octanol–water partition coefficient (Wildman–Crippen LogP) is 2.11. The molecule has 2 aliphatic rings. The molecule has 1 aliphatic heterocycles. The summed E-state index contributed by atoms with van der Waals surface area (Å²) in [6, 6.07) is 0. The van der Waals surface area contributed by atoms with Crippen LogP contribution in [0.4, 0.5) is 0 Å². The second-order valence-corrected chi connectivity index (χ2v) is 7.76. The number of carbonyl (C=O) groups excluding carboxylic acids is 1. The largest absolute Gasteiger partial charge is 0.383 e. The SMILES string of the molecule is CSCC[C@@H](O)C(=O)N1CCC(c2nccn2CC2CC2)CC1. The first-order chi connectivity index (χ1) is 11.2. The average Bonchev–Trinajstić information content (AvgIpc) is 3.27. The van der Waals surface area contributed by atoms with E-state index in [1.807, 2.05) is 17.4 Å². The Kier molecular flexibility index (Phi) is 5.64. The highest BCUT2D eigenvalue weighted by molar-refractivity contribution is 7.98. The van der Waals surface area contributed by atoms with E-state index in [-0.39, 0.29) is 5.91 Å². The Morgan fingerprint density at radius 2 is 2.13 bits per heavy atom. The van der Waals surface area contributed by atoms with Gasteiger partial charge in [0.25, 0.3) is 5.91 Å². The zero-order valence-electron chi connectivity index (χ0n) is 13.9. The molecule has 6 heteroatoms. The summed E-state index contributed by atoms with van der Waals surface area (Å²) in [5.41, 5.74) is 0. The molecule has 0 spiro atoms. The van der Waals surface area contributed by atoms with Gasteiger partial charge in [-0.05, 0) is 50.0 Å². The normalized spacial score (nSPS) is 20.7. The third kappa shape index (κ3) is 4.29. The third-order valence-electron chi connectivity index (χ3n) is 4.95. The van der Waals surface area contributed by atoms with Crippen LogP contribution in [0.2, 0.25) is 0 Å². The fourth-order valence-electron chi connectivity index (χ4n) is 3.34. The molecule has 128 valence electrons. The van der Waals surface area contributed by atoms with E-state index in [2.05, 4.69) is 15.7 Å². The second-order valence-electron chi connectivity index (χ2n) is 6.78. The maximum atomic E-state index is 12.3. The van der Waals surface area contributed by atoms with Crippen LogP contribution in [0.15, 0.2) is 12.4 Å². The molecule has 1 amide bonds. The Bertz CT molecular complexity index is 522. The Balaban J connectivity index is 1.52. The van der Waals surface area contributed by atoms with Crippen LogP contribution in [0, 0.1) is 5.92 Å². The van der Waals surface area contributed by atoms with Crippen LogP contribution in [0.1, 0.15) is 43.8 Å². The van der Waals surface area contributed by atoms with Crippen LogP contribution in [0.3, 0.4) is 0 Å². The van der Waals surface area contributed by atoms with Gasteiger partial charge in [0.2, 0.25) is 0 Å². The Morgan fingerprint density at radius 1 is 1.39 bits per heavy atom. The standard InChI is InChI=1S/C17H27N3O2S/c1-23-11-6-15(21)17(22)19-8-4-14(5-9-19)16-18-7-10-20(16)12-13-2-3-13/h7,10,13-15,21H,2-6,8-9,11-12H2,1H3/t15-/m1/s1. The Hall–Kier alpha value is -1.01. The summed E-state index contributed by atoms with van der Waals surface area (Å²) < 4.78 is 2.31. The lowest BCUT2D eigenvalue weighted by Crippen LogP contribution is -2.44. The van der Waals surface area contributed by atoms with Crippen molar-refractivity contribution in [1.29, 1.82) is 0 Å². The number of aromatic nitrogens is 2. The van der Waals surface area contributed by atoms with Gasteiger partial charge < -0.3 is 14.6 Å². The number of nitrogens with zero attached hydrogens (tertiary/aromatic N) is 3. The molecular formula is C17H27N3O2S. The van der Waals surface area contributed by atoms with Crippen LogP contribution >= 0.6 is 11.8 Å². The number of carbonyl (C=O) groups is 1. The zero-order valence-corrected chi connectivity index (χ0v) is 14.7. The molecule has 1 saturated carbocycles. The van der Waals surface area contributed by atoms with E-state index in [4.69, 9.17) is 0 Å². The molecule has 2 fully saturated rings. The van der Waals surface area contributed by atoms with Gasteiger partial charge in [0.05, 0.1) is 0 Å². The van der Waals surface area contributed by atoms with Gasteiger partial charge in [-0.3, -0.25) is 4.79 Å². The van der Waals surface area contributed by atoms with E-state index < -0.39 is 6.10 Å². The summed E-state index contributed by atoms with van der Waals surface area (Å²) in [4.78, 5) is 18.7. The van der Waals surface area contributed by atoms with Crippen LogP contribution < -0.4 is 0 Å². The fraction of sp³-hybridized carbons (Fsp3) is 0.765. The highest BCUT2D eigenvalue weighted by Crippen LogP contribution is 2.33. The summed E-state index contributed by atoms with van der Waals surface area (Å²) >= 11 is 1.66. The van der Waals surface area contributed by atoms with Gasteiger partial charge in [-0.1, -0.05) is 0 Å². The molecule has 1 aliphatic carbocycles. The lowest BCUT2D eigenvalue weighted by molar-refractivity contribution is -0.141. The lowest BCUT2D eigenvalue weighted by atomic mass is 9.95. The smallest absolute Gasteiger partial charge is 0.251 e. The molecule has 0 unspecified atom stereocenters. The van der Waals surface area contributed by atoms with E-state index in [1.54, 1.807) is 11.8 Å². The number of aliphatic hydroxyl groups excluding tert-OH is 1. The fourth-order valence-corrected chi connectivity index (χ4v) is 3.79. The molecule has 0 aromatic carbocycles. The maximum absolute atomic E-state index is 12.3. The summed E-state index contributed by atoms with van der Waals surface area (Å²) in [6.07, 6.45) is 10.3. The maximum Gasteiger partial charge on any atom is 0.251 e. The van der Waals surface area contributed by atoms with Crippen LogP contribution in [-0.2, 0) is 11.3 Å². The van der Waals surface area contributed by atoms with Crippen molar-refractivity contribution >= 4 is 17.7 Å². The highest BCUT2D eigenvalue weighted by Gasteiger charge is 2.30. The van der Waals surface area contributed by atoms with Crippen molar-refractivity contribution < 1.29 is 9.90 Å². The number of aliphatic hydroxyl groups is 1. The van der Waals surface area contributed by atoms with Gasteiger partial charge in [-0.15, -0.1) is 0 Å². The molecule has 1 saturated heterocycles. The molecule has 3 rings (SSSR count). The minimum atomic E-state index is -0.837. The summed E-state index contributed by atoms with van der Waals surface area (Å²) in [6.45, 7) is 2.56. The van der Waals surface area contributed by atoms with Crippen LogP contribution in [-0.4, -0.2) is 56.7 Å². The molecule has 1 aromatic rings. The molecule has 0 bridgehead atoms. The first kappa shape index (κ1) is 16.8. The van der Waals surface area contributed by atoms with Crippen molar-refractivity contribution in [1.82, 2.24) is 14.5 Å². The molecule has 1 N–H and O–H groups in total. The Labute approximate surface area is 142 Å². The number of hydrogen-bond donors (Lipinski definition) is 1. The molecule has 5 nitrogen and oxygen atoms in total. The van der Waals surface area contributed by atoms with Gasteiger partial charge >= 0.3 is 0 Å². The van der Waals surface area contributed by atoms with Gasteiger partial charge in [0, 0.05) is 37.9 Å². The number of piperidine rings is 1. The molecule has 1 aromatic heterocycles. The topological polar surface area (TPSA) is 58.4 Å². The molecule has 23 heavy (non-hydrogen) atoms. The molecular weight excluding hydrogens is 310 g/mol. The van der Waals surface area contributed by atoms with Gasteiger partial charge in [0.15, 0.2) is 0 Å². The monoisotopic (exact) mass is 337 g/mol. The van der Waals surface area contributed by atoms with E-state index in [1.165, 1.54) is 18.7 Å². The number of likely N-dealkylation sites (tertiary alicyclic amines) is 1. The third-order valence-corrected chi connectivity index (χ3v) is 5.60. The summed E-state index contributed by atoms with van der Waals surface area (Å²) in [5, 5.41) is 9.98. The predicted molar refractivity (Wildman–Crippen MR) is 92.5 cm³/mol. The second kappa shape index (κ2) is 7.71. The number of imidazole rings is 1. The van der Waals surface area contributed by atoms with E-state index in [0.29, 0.717) is 12.3 Å². The average molecular weight is 337 g/mol. The molecule has 2 heterocycles. The minimum Gasteiger partial charge on any atom is -0.383 e. The number of amides is 1. The van der Waals surface area contributed by atoms with Crippen molar-refractivity contribution in [2.75, 3.05) is 25.1 Å². The first-order valence-corrected chi connectivity index (χ1v) is 10.0. The van der Waals surface area contributed by atoms with Gasteiger partial charge in [-0.2, -0.15) is 11.8 Å². The van der Waals surface area contributed by atoms with Crippen LogP contribution in [0.25, 0.3) is 0 Å².